The lowest BCUT2D eigenvalue weighted by atomic mass is 10.0. The number of carbonyl (C=O) groups excluding carboxylic acids is 1. The molecule has 0 bridgehead atoms. The van der Waals surface area contributed by atoms with E-state index in [-0.39, 0.29) is 28.0 Å². The highest BCUT2D eigenvalue weighted by molar-refractivity contribution is 7.95. The third-order valence-corrected chi connectivity index (χ3v) is 10.1. The number of nitrogens with one attached hydrogen (secondary N) is 1. The Hall–Kier alpha value is -1.92. The number of carbonyl (C=O) groups is 1. The van der Waals surface area contributed by atoms with Crippen LogP contribution in [-0.2, 0) is 24.6 Å². The van der Waals surface area contributed by atoms with Crippen LogP contribution in [0.25, 0.3) is 0 Å². The lowest BCUT2D eigenvalue weighted by Gasteiger charge is -2.35. The molecular weight excluding hydrogens is 438 g/mol. The average Bonchev–Trinajstić information content (AvgIpc) is 3.11. The largest absolute Gasteiger partial charge is 0.445 e. The number of rotatable bonds is 7. The van der Waals surface area contributed by atoms with Gasteiger partial charge in [-0.05, 0) is 26.3 Å². The van der Waals surface area contributed by atoms with E-state index in [2.05, 4.69) is 11.3 Å². The fourth-order valence-electron chi connectivity index (χ4n) is 2.92. The van der Waals surface area contributed by atoms with Crippen LogP contribution < -0.4 is 4.72 Å². The molecule has 1 amide bonds. The Balaban J connectivity index is 2.56. The van der Waals surface area contributed by atoms with Crippen LogP contribution in [0.5, 0.6) is 0 Å². The van der Waals surface area contributed by atoms with Crippen LogP contribution >= 0.6 is 11.3 Å². The summed E-state index contributed by atoms with van der Waals surface area (Å²) < 4.78 is 59.7. The summed E-state index contributed by atoms with van der Waals surface area (Å²) in [7, 11) is -4.34. The predicted molar refractivity (Wildman–Crippen MR) is 111 cm³/mol. The van der Waals surface area contributed by atoms with Crippen molar-refractivity contribution in [2.24, 2.45) is 0 Å². The Morgan fingerprint density at radius 3 is 2.69 bits per heavy atom. The second-order valence-electron chi connectivity index (χ2n) is 6.78. The third-order valence-electron chi connectivity index (χ3n) is 4.41. The molecule has 1 aliphatic heterocycles. The second-order valence-corrected chi connectivity index (χ2v) is 12.3. The minimum absolute atomic E-state index is 0.0241. The van der Waals surface area contributed by atoms with E-state index in [9.17, 15) is 21.6 Å². The molecule has 1 N–H and O–H groups in total. The summed E-state index contributed by atoms with van der Waals surface area (Å²) in [6.45, 7) is 7.11. The van der Waals surface area contributed by atoms with Crippen molar-refractivity contribution in [2.75, 3.05) is 27.2 Å². The number of thiophene rings is 1. The highest BCUT2D eigenvalue weighted by Gasteiger charge is 2.43. The molecule has 0 saturated heterocycles. The van der Waals surface area contributed by atoms with Crippen LogP contribution in [-0.4, -0.2) is 71.2 Å². The molecule has 0 spiro atoms. The zero-order chi connectivity index (χ0) is 22.0. The number of hydrogen-bond donors (Lipinski definition) is 1. The molecule has 29 heavy (non-hydrogen) atoms. The Bertz CT molecular complexity index is 1020. The lowest BCUT2D eigenvalue weighted by Crippen LogP contribution is -2.40. The summed E-state index contributed by atoms with van der Waals surface area (Å²) in [5.74, 6) is 0. The molecular formula is C17H26N3O6S3+. The summed E-state index contributed by atoms with van der Waals surface area (Å²) in [5, 5.41) is -0.767. The molecule has 1 unspecified atom stereocenters. The van der Waals surface area contributed by atoms with E-state index >= 15 is 0 Å². The van der Waals surface area contributed by atoms with Crippen molar-refractivity contribution in [3.8, 4) is 0 Å². The fraction of sp³-hybridized carbons (Fsp3) is 0.529. The topological polar surface area (TPSA) is 113 Å². The standard InChI is InChI=1S/C17H25N3O6S3/c1-6-8-26-17(21)20(7-2)14-9-12(3)28(22,23)16-13(14)10-15(27-16)29(24,25)18-11-19(4)5/h6,10-12,14H,1,7-9H2,2-5H3/p+1/t12?,14-/m0/s1. The van der Waals surface area contributed by atoms with E-state index in [0.29, 0.717) is 16.9 Å². The summed E-state index contributed by atoms with van der Waals surface area (Å²) in [6, 6.07) is 0.729. The Morgan fingerprint density at radius 2 is 2.14 bits per heavy atom. The van der Waals surface area contributed by atoms with Crippen LogP contribution in [0.2, 0.25) is 0 Å². The monoisotopic (exact) mass is 464 g/mol. The highest BCUT2D eigenvalue weighted by Crippen LogP contribution is 2.45. The predicted octanol–water partition coefficient (Wildman–Crippen LogP) is 1.58. The van der Waals surface area contributed by atoms with Crippen molar-refractivity contribution in [2.45, 2.75) is 40.0 Å². The van der Waals surface area contributed by atoms with Gasteiger partial charge < -0.3 is 9.64 Å². The molecule has 2 atom stereocenters. The maximum absolute atomic E-state index is 12.8. The van der Waals surface area contributed by atoms with Gasteiger partial charge in [-0.25, -0.2) is 13.2 Å². The van der Waals surface area contributed by atoms with Gasteiger partial charge in [-0.2, -0.15) is 13.1 Å². The first-order valence-electron chi connectivity index (χ1n) is 8.89. The molecule has 162 valence electrons. The molecule has 1 aromatic heterocycles. The molecule has 1 aliphatic rings. The number of sulfone groups is 1. The van der Waals surface area contributed by atoms with E-state index in [1.165, 1.54) is 28.0 Å². The van der Waals surface area contributed by atoms with Gasteiger partial charge >= 0.3 is 16.1 Å². The maximum Gasteiger partial charge on any atom is 0.410 e. The molecule has 0 aliphatic carbocycles. The number of amides is 1. The van der Waals surface area contributed by atoms with Gasteiger partial charge in [0.25, 0.3) is 0 Å². The van der Waals surface area contributed by atoms with E-state index in [1.54, 1.807) is 27.9 Å². The maximum atomic E-state index is 12.8. The summed E-state index contributed by atoms with van der Waals surface area (Å²) in [6.07, 6.45) is 2.24. The van der Waals surface area contributed by atoms with E-state index in [1.807, 2.05) is 0 Å². The summed E-state index contributed by atoms with van der Waals surface area (Å²) in [4.78, 5) is 13.9. The minimum Gasteiger partial charge on any atom is -0.445 e. The Kier molecular flexibility index (Phi) is 7.12. The van der Waals surface area contributed by atoms with Crippen LogP contribution in [0.3, 0.4) is 0 Å². The van der Waals surface area contributed by atoms with Gasteiger partial charge in [0.15, 0.2) is 14.0 Å². The molecule has 1 aromatic rings. The normalized spacial score (nSPS) is 20.3. The van der Waals surface area contributed by atoms with Crippen molar-refractivity contribution < 1.29 is 30.9 Å². The number of nitrogens with zero attached hydrogens (tertiary/aromatic N) is 2. The van der Waals surface area contributed by atoms with Gasteiger partial charge in [-0.15, -0.1) is 11.3 Å². The van der Waals surface area contributed by atoms with E-state index < -0.39 is 37.2 Å². The van der Waals surface area contributed by atoms with Crippen LogP contribution in [0.15, 0.2) is 27.1 Å². The van der Waals surface area contributed by atoms with Crippen LogP contribution in [0.1, 0.15) is 31.9 Å². The van der Waals surface area contributed by atoms with Gasteiger partial charge in [0.05, 0.1) is 25.4 Å². The Morgan fingerprint density at radius 1 is 1.48 bits per heavy atom. The molecule has 12 heteroatoms. The number of sulfonamides is 1. The Labute approximate surface area is 175 Å². The SMILES string of the molecule is C=CCOC(=O)N(CC)[C@H]1CC(C)S(=O)(=O)c2sc(S(=O)(=O)NC=[N+](C)C)cc21. The smallest absolute Gasteiger partial charge is 0.410 e. The zero-order valence-corrected chi connectivity index (χ0v) is 19.2. The first-order valence-corrected chi connectivity index (χ1v) is 12.7. The van der Waals surface area contributed by atoms with E-state index in [0.717, 1.165) is 0 Å². The number of ether oxygens (including phenoxy) is 1. The number of fused-ring (bicyclic) bond motifs is 1. The highest BCUT2D eigenvalue weighted by atomic mass is 32.3. The molecule has 2 rings (SSSR count). The molecule has 9 nitrogen and oxygen atoms in total. The zero-order valence-electron chi connectivity index (χ0n) is 16.8. The van der Waals surface area contributed by atoms with Crippen molar-refractivity contribution in [3.63, 3.8) is 0 Å². The molecule has 2 heterocycles. The van der Waals surface area contributed by atoms with E-state index in [4.69, 9.17) is 4.74 Å². The van der Waals surface area contributed by atoms with Crippen molar-refractivity contribution in [1.29, 1.82) is 0 Å². The minimum atomic E-state index is -3.95. The fourth-order valence-corrected chi connectivity index (χ4v) is 7.89. The van der Waals surface area contributed by atoms with Gasteiger partial charge in [0, 0.05) is 12.1 Å². The van der Waals surface area contributed by atoms with Gasteiger partial charge in [-0.1, -0.05) is 12.7 Å². The molecule has 0 aromatic carbocycles. The van der Waals surface area contributed by atoms with Crippen molar-refractivity contribution in [3.05, 3.63) is 24.3 Å². The van der Waals surface area contributed by atoms with Gasteiger partial charge in [-0.3, -0.25) is 4.58 Å². The summed E-state index contributed by atoms with van der Waals surface area (Å²) >= 11 is 0.694. The van der Waals surface area contributed by atoms with Gasteiger partial charge in [0.1, 0.15) is 10.8 Å². The summed E-state index contributed by atoms with van der Waals surface area (Å²) in [5.41, 5.74) is 0.302. The second kappa shape index (κ2) is 8.84. The average molecular weight is 465 g/mol. The molecule has 0 radical (unpaired) electrons. The van der Waals surface area contributed by atoms with Crippen LogP contribution in [0, 0.1) is 0 Å². The quantitative estimate of drug-likeness (QED) is 0.284. The van der Waals surface area contributed by atoms with Crippen LogP contribution in [0.4, 0.5) is 4.79 Å². The van der Waals surface area contributed by atoms with Crippen molar-refractivity contribution in [1.82, 2.24) is 9.62 Å². The first-order chi connectivity index (χ1) is 13.5. The molecule has 0 saturated carbocycles. The first kappa shape index (κ1) is 23.4. The van der Waals surface area contributed by atoms with Crippen molar-refractivity contribution >= 4 is 43.6 Å². The third kappa shape index (κ3) is 4.81. The number of hydrogen-bond acceptors (Lipinski definition) is 7. The molecule has 0 fully saturated rings. The van der Waals surface area contributed by atoms with Gasteiger partial charge in [0.2, 0.25) is 6.34 Å². The lowest BCUT2D eigenvalue weighted by molar-refractivity contribution is -0.460.